The monoisotopic (exact) mass is 370 g/mol. The molecule has 1 fully saturated rings. The fourth-order valence-corrected chi connectivity index (χ4v) is 3.64. The summed E-state index contributed by atoms with van der Waals surface area (Å²) in [5.41, 5.74) is 1.88. The molecule has 1 N–H and O–H groups in total. The van der Waals surface area contributed by atoms with Gasteiger partial charge in [-0.2, -0.15) is 0 Å². The van der Waals surface area contributed by atoms with Crippen molar-refractivity contribution < 1.29 is 14.0 Å². The lowest BCUT2D eigenvalue weighted by Gasteiger charge is -2.28. The van der Waals surface area contributed by atoms with E-state index in [1.807, 2.05) is 23.3 Å². The summed E-state index contributed by atoms with van der Waals surface area (Å²) >= 11 is 0. The lowest BCUT2D eigenvalue weighted by Crippen LogP contribution is -2.37. The van der Waals surface area contributed by atoms with Crippen molar-refractivity contribution >= 4 is 17.5 Å². The highest BCUT2D eigenvalue weighted by molar-refractivity contribution is 6.02. The summed E-state index contributed by atoms with van der Waals surface area (Å²) in [5, 5.41) is 2.62. The third-order valence-electron chi connectivity index (χ3n) is 5.13. The quantitative estimate of drug-likeness (QED) is 0.899. The molecular weight excluding hydrogens is 347 g/mol. The first-order valence-corrected chi connectivity index (χ1v) is 9.40. The van der Waals surface area contributed by atoms with Crippen LogP contribution in [0.5, 0.6) is 0 Å². The van der Waals surface area contributed by atoms with Gasteiger partial charge in [0.25, 0.3) is 5.91 Å². The molecule has 7 heteroatoms. The molecule has 0 radical (unpaired) electrons. The molecule has 1 aliphatic heterocycles. The van der Waals surface area contributed by atoms with Gasteiger partial charge in [0.15, 0.2) is 5.82 Å². The van der Waals surface area contributed by atoms with Crippen molar-refractivity contribution in [3.63, 3.8) is 0 Å². The minimum Gasteiger partial charge on any atom is -0.336 e. The number of imidazole rings is 1. The molecule has 0 bridgehead atoms. The molecule has 0 unspecified atom stereocenters. The van der Waals surface area contributed by atoms with Gasteiger partial charge in [0.1, 0.15) is 5.82 Å². The van der Waals surface area contributed by atoms with E-state index in [0.717, 1.165) is 24.2 Å². The van der Waals surface area contributed by atoms with E-state index in [-0.39, 0.29) is 29.4 Å². The van der Waals surface area contributed by atoms with Crippen LogP contribution in [0.15, 0.2) is 24.3 Å². The summed E-state index contributed by atoms with van der Waals surface area (Å²) in [5.74, 6) is -0.304. The number of amides is 2. The Morgan fingerprint density at radius 2 is 2.00 bits per heavy atom. The number of para-hydroxylation sites is 1. The maximum Gasteiger partial charge on any atom is 0.291 e. The van der Waals surface area contributed by atoms with Gasteiger partial charge in [-0.05, 0) is 38.8 Å². The van der Waals surface area contributed by atoms with Gasteiger partial charge in [-0.25, -0.2) is 9.37 Å². The molecule has 1 aromatic carbocycles. The van der Waals surface area contributed by atoms with Gasteiger partial charge < -0.3 is 14.8 Å². The lowest BCUT2D eigenvalue weighted by molar-refractivity contribution is -0.133. The maximum absolute atomic E-state index is 13.9. The van der Waals surface area contributed by atoms with Crippen LogP contribution in [0, 0.1) is 11.7 Å². The number of hydrogen-bond acceptors (Lipinski definition) is 3. The van der Waals surface area contributed by atoms with Crippen molar-refractivity contribution in [3.8, 4) is 0 Å². The van der Waals surface area contributed by atoms with Gasteiger partial charge in [-0.15, -0.1) is 0 Å². The van der Waals surface area contributed by atoms with E-state index < -0.39 is 11.7 Å². The van der Waals surface area contributed by atoms with Crippen molar-refractivity contribution in [2.45, 2.75) is 45.7 Å². The number of carbonyl (C=O) groups is 2. The van der Waals surface area contributed by atoms with Gasteiger partial charge in [0.2, 0.25) is 5.91 Å². The molecule has 2 amide bonds. The third-order valence-corrected chi connectivity index (χ3v) is 5.13. The van der Waals surface area contributed by atoms with Crippen LogP contribution in [0.3, 0.4) is 0 Å². The number of benzene rings is 1. The Morgan fingerprint density at radius 1 is 1.26 bits per heavy atom. The second-order valence-corrected chi connectivity index (χ2v) is 7.51. The largest absolute Gasteiger partial charge is 0.336 e. The highest BCUT2D eigenvalue weighted by Crippen LogP contribution is 2.33. The van der Waals surface area contributed by atoms with E-state index in [0.29, 0.717) is 19.5 Å². The molecule has 0 saturated heterocycles. The van der Waals surface area contributed by atoms with Crippen molar-refractivity contribution in [3.05, 3.63) is 47.3 Å². The van der Waals surface area contributed by atoms with Crippen LogP contribution < -0.4 is 5.32 Å². The molecule has 2 aliphatic rings. The number of aromatic nitrogens is 2. The Labute approximate surface area is 157 Å². The highest BCUT2D eigenvalue weighted by Gasteiger charge is 2.36. The summed E-state index contributed by atoms with van der Waals surface area (Å²) in [6.45, 7) is 5.06. The minimum absolute atomic E-state index is 0.0355. The molecule has 2 heterocycles. The SMILES string of the molecule is CC(C)n1c(C(=O)Nc2ccccc2F)nc2c1CCN(C(=O)C1CC1)C2. The smallest absolute Gasteiger partial charge is 0.291 e. The van der Waals surface area contributed by atoms with Gasteiger partial charge in [-0.3, -0.25) is 9.59 Å². The zero-order chi connectivity index (χ0) is 19.1. The molecule has 4 rings (SSSR count). The number of hydrogen-bond donors (Lipinski definition) is 1. The number of rotatable bonds is 4. The Morgan fingerprint density at radius 3 is 2.67 bits per heavy atom. The zero-order valence-electron chi connectivity index (χ0n) is 15.5. The third kappa shape index (κ3) is 3.34. The molecule has 1 aliphatic carbocycles. The number of fused-ring (bicyclic) bond motifs is 1. The summed E-state index contributed by atoms with van der Waals surface area (Å²) in [4.78, 5) is 31.6. The van der Waals surface area contributed by atoms with Gasteiger partial charge in [0.05, 0.1) is 17.9 Å². The summed E-state index contributed by atoms with van der Waals surface area (Å²) in [6.07, 6.45) is 2.61. The van der Waals surface area contributed by atoms with E-state index in [1.165, 1.54) is 12.1 Å². The van der Waals surface area contributed by atoms with Gasteiger partial charge in [0, 0.05) is 30.6 Å². The normalized spacial score (nSPS) is 16.4. The van der Waals surface area contributed by atoms with Crippen LogP contribution in [0.4, 0.5) is 10.1 Å². The lowest BCUT2D eigenvalue weighted by atomic mass is 10.1. The van der Waals surface area contributed by atoms with Crippen molar-refractivity contribution in [1.82, 2.24) is 14.5 Å². The average Bonchev–Trinajstić information content (AvgIpc) is 3.41. The fourth-order valence-electron chi connectivity index (χ4n) is 3.64. The summed E-state index contributed by atoms with van der Waals surface area (Å²) in [6, 6.07) is 6.10. The van der Waals surface area contributed by atoms with E-state index in [2.05, 4.69) is 10.3 Å². The van der Waals surface area contributed by atoms with Crippen molar-refractivity contribution in [1.29, 1.82) is 0 Å². The second kappa shape index (κ2) is 6.79. The zero-order valence-corrected chi connectivity index (χ0v) is 15.5. The molecule has 6 nitrogen and oxygen atoms in total. The average molecular weight is 370 g/mol. The number of nitrogens with one attached hydrogen (secondary N) is 1. The number of nitrogens with zero attached hydrogens (tertiary/aromatic N) is 3. The van der Waals surface area contributed by atoms with Crippen LogP contribution >= 0.6 is 0 Å². The van der Waals surface area contributed by atoms with Crippen LogP contribution in [0.1, 0.15) is 54.7 Å². The highest BCUT2D eigenvalue weighted by atomic mass is 19.1. The van der Waals surface area contributed by atoms with Crippen LogP contribution in [0.2, 0.25) is 0 Å². The number of carbonyl (C=O) groups excluding carboxylic acids is 2. The van der Waals surface area contributed by atoms with E-state index in [1.54, 1.807) is 12.1 Å². The molecular formula is C20H23FN4O2. The Balaban J connectivity index is 1.62. The fraction of sp³-hybridized carbons (Fsp3) is 0.450. The van der Waals surface area contributed by atoms with E-state index >= 15 is 0 Å². The Kier molecular flexibility index (Phi) is 4.45. The van der Waals surface area contributed by atoms with Crippen molar-refractivity contribution in [2.75, 3.05) is 11.9 Å². The van der Waals surface area contributed by atoms with E-state index in [9.17, 15) is 14.0 Å². The molecule has 1 aromatic heterocycles. The Bertz CT molecular complexity index is 901. The maximum atomic E-state index is 13.9. The molecule has 2 aromatic rings. The molecule has 27 heavy (non-hydrogen) atoms. The minimum atomic E-state index is -0.487. The molecule has 142 valence electrons. The number of halogens is 1. The Hall–Kier alpha value is -2.70. The molecule has 0 atom stereocenters. The summed E-state index contributed by atoms with van der Waals surface area (Å²) in [7, 11) is 0. The first kappa shape index (κ1) is 17.7. The first-order valence-electron chi connectivity index (χ1n) is 9.40. The van der Waals surface area contributed by atoms with Crippen molar-refractivity contribution in [2.24, 2.45) is 5.92 Å². The number of anilines is 1. The van der Waals surface area contributed by atoms with Crippen LogP contribution in [-0.2, 0) is 17.8 Å². The standard InChI is InChI=1S/C20H23FN4O2/c1-12(2)25-17-9-10-24(20(27)13-7-8-13)11-16(17)22-18(25)19(26)23-15-6-4-3-5-14(15)21/h3-6,12-13H,7-11H2,1-2H3,(H,23,26). The van der Waals surface area contributed by atoms with Crippen LogP contribution in [0.25, 0.3) is 0 Å². The topological polar surface area (TPSA) is 67.2 Å². The molecule has 1 saturated carbocycles. The van der Waals surface area contributed by atoms with E-state index in [4.69, 9.17) is 0 Å². The predicted octanol–water partition coefficient (Wildman–Crippen LogP) is 3.15. The van der Waals surface area contributed by atoms with Gasteiger partial charge in [-0.1, -0.05) is 12.1 Å². The second-order valence-electron chi connectivity index (χ2n) is 7.51. The predicted molar refractivity (Wildman–Crippen MR) is 98.8 cm³/mol. The summed E-state index contributed by atoms with van der Waals surface area (Å²) < 4.78 is 15.8. The van der Waals surface area contributed by atoms with Crippen LogP contribution in [-0.4, -0.2) is 32.8 Å². The van der Waals surface area contributed by atoms with Gasteiger partial charge >= 0.3 is 0 Å². The molecule has 0 spiro atoms. The first-order chi connectivity index (χ1) is 13.0.